The molecule has 1 aliphatic heterocycles. The number of H-pyrrole nitrogens is 3. The Morgan fingerprint density at radius 2 is 1.16 bits per heavy atom. The summed E-state index contributed by atoms with van der Waals surface area (Å²) >= 11 is 0. The van der Waals surface area contributed by atoms with Crippen molar-refractivity contribution < 1.29 is 9.84 Å². The summed E-state index contributed by atoms with van der Waals surface area (Å²) in [7, 11) is 2.17. The lowest BCUT2D eigenvalue weighted by Gasteiger charge is -2.34. The van der Waals surface area contributed by atoms with Crippen LogP contribution < -0.4 is 9.64 Å². The second-order valence-corrected chi connectivity index (χ2v) is 11.3. The van der Waals surface area contributed by atoms with Gasteiger partial charge in [0.25, 0.3) is 0 Å². The highest BCUT2D eigenvalue weighted by Crippen LogP contribution is 2.33. The van der Waals surface area contributed by atoms with Crippen LogP contribution in [0, 0.1) is 0 Å². The zero-order chi connectivity index (χ0) is 29.8. The van der Waals surface area contributed by atoms with Gasteiger partial charge in [0.2, 0.25) is 0 Å². The highest BCUT2D eigenvalue weighted by Gasteiger charge is 2.16. The molecule has 0 bridgehead atoms. The molecule has 1 fully saturated rings. The SMILES string of the molecule is CCOc1cc(-c2nc3ccc(-c4nc5ccc(-c6nc7ccc(N8CCN(C)CC8)cc7[nH]6)cc5[nH]4)cc3[nH]2)ccc1O. The number of benzene rings is 4. The number of nitrogens with zero attached hydrogens (tertiary/aromatic N) is 5. The molecule has 4 N–H and O–H groups in total. The van der Waals surface area contributed by atoms with Crippen molar-refractivity contribution >= 4 is 38.8 Å². The van der Waals surface area contributed by atoms with Crippen LogP contribution in [0.25, 0.3) is 67.3 Å². The third-order valence-corrected chi connectivity index (χ3v) is 8.38. The van der Waals surface area contributed by atoms with Crippen LogP contribution in [0.1, 0.15) is 6.92 Å². The topological polar surface area (TPSA) is 122 Å². The molecule has 0 unspecified atom stereocenters. The van der Waals surface area contributed by atoms with Gasteiger partial charge in [0.1, 0.15) is 17.5 Å². The van der Waals surface area contributed by atoms with E-state index in [9.17, 15) is 5.11 Å². The maximum Gasteiger partial charge on any atom is 0.161 e. The molecule has 4 heterocycles. The summed E-state index contributed by atoms with van der Waals surface area (Å²) in [5.74, 6) is 2.86. The van der Waals surface area contributed by atoms with E-state index in [1.54, 1.807) is 12.1 Å². The summed E-state index contributed by atoms with van der Waals surface area (Å²) in [4.78, 5) is 29.8. The average molecular weight is 585 g/mol. The van der Waals surface area contributed by atoms with Gasteiger partial charge < -0.3 is 34.6 Å². The molecule has 0 saturated carbocycles. The predicted molar refractivity (Wildman–Crippen MR) is 174 cm³/mol. The number of phenols is 1. The molecular formula is C34H32N8O2. The van der Waals surface area contributed by atoms with Gasteiger partial charge in [-0.3, -0.25) is 0 Å². The largest absolute Gasteiger partial charge is 0.504 e. The van der Waals surface area contributed by atoms with Gasteiger partial charge in [-0.1, -0.05) is 0 Å². The summed E-state index contributed by atoms with van der Waals surface area (Å²) in [6.07, 6.45) is 0. The quantitative estimate of drug-likeness (QED) is 0.184. The zero-order valence-corrected chi connectivity index (χ0v) is 24.6. The van der Waals surface area contributed by atoms with Crippen LogP contribution in [0.15, 0.2) is 72.8 Å². The van der Waals surface area contributed by atoms with E-state index in [-0.39, 0.29) is 5.75 Å². The van der Waals surface area contributed by atoms with E-state index >= 15 is 0 Å². The molecule has 3 aromatic heterocycles. The third kappa shape index (κ3) is 4.69. The van der Waals surface area contributed by atoms with E-state index in [0.717, 1.165) is 87.6 Å². The van der Waals surface area contributed by atoms with Gasteiger partial charge in [-0.15, -0.1) is 0 Å². The molecular weight excluding hydrogens is 552 g/mol. The number of phenolic OH excluding ortho intramolecular Hbond substituents is 1. The number of aromatic hydroxyl groups is 1. The number of anilines is 1. The molecule has 10 heteroatoms. The van der Waals surface area contributed by atoms with Gasteiger partial charge in [-0.25, -0.2) is 15.0 Å². The van der Waals surface area contributed by atoms with Gasteiger partial charge in [-0.2, -0.15) is 0 Å². The molecule has 4 aromatic carbocycles. The highest BCUT2D eigenvalue weighted by molar-refractivity contribution is 5.89. The van der Waals surface area contributed by atoms with Gasteiger partial charge in [0.15, 0.2) is 11.5 Å². The Hall–Kier alpha value is -5.35. The highest BCUT2D eigenvalue weighted by atomic mass is 16.5. The first-order chi connectivity index (χ1) is 21.5. The number of piperazine rings is 1. The maximum absolute atomic E-state index is 10.1. The minimum Gasteiger partial charge on any atom is -0.504 e. The summed E-state index contributed by atoms with van der Waals surface area (Å²) in [6, 6.07) is 24.0. The van der Waals surface area contributed by atoms with E-state index in [1.165, 1.54) is 5.69 Å². The first kappa shape index (κ1) is 26.3. The number of hydrogen-bond donors (Lipinski definition) is 4. The lowest BCUT2D eigenvalue weighted by atomic mass is 10.2. The number of likely N-dealkylation sites (N-methyl/N-ethyl adjacent to an activating group) is 1. The predicted octanol–water partition coefficient (Wildman–Crippen LogP) is 6.17. The van der Waals surface area contributed by atoms with Crippen molar-refractivity contribution in [3.8, 4) is 45.7 Å². The minimum absolute atomic E-state index is 0.109. The fourth-order valence-electron chi connectivity index (χ4n) is 5.92. The first-order valence-corrected chi connectivity index (χ1v) is 14.9. The van der Waals surface area contributed by atoms with Crippen LogP contribution in [0.5, 0.6) is 11.5 Å². The first-order valence-electron chi connectivity index (χ1n) is 14.9. The minimum atomic E-state index is 0.109. The smallest absolute Gasteiger partial charge is 0.161 e. The van der Waals surface area contributed by atoms with Crippen LogP contribution in [0.2, 0.25) is 0 Å². The second kappa shape index (κ2) is 10.4. The molecule has 0 spiro atoms. The fourth-order valence-corrected chi connectivity index (χ4v) is 5.92. The number of nitrogens with one attached hydrogen (secondary N) is 3. The van der Waals surface area contributed by atoms with Gasteiger partial charge in [0.05, 0.1) is 39.7 Å². The number of aromatic nitrogens is 6. The fraction of sp³-hybridized carbons (Fsp3) is 0.206. The monoisotopic (exact) mass is 584 g/mol. The van der Waals surface area contributed by atoms with Crippen molar-refractivity contribution in [2.75, 3.05) is 44.7 Å². The molecule has 1 saturated heterocycles. The van der Waals surface area contributed by atoms with Gasteiger partial charge in [-0.05, 0) is 86.8 Å². The molecule has 0 aliphatic carbocycles. The van der Waals surface area contributed by atoms with Crippen molar-refractivity contribution in [2.45, 2.75) is 6.92 Å². The van der Waals surface area contributed by atoms with Crippen molar-refractivity contribution in [2.24, 2.45) is 0 Å². The molecule has 10 nitrogen and oxygen atoms in total. The number of aromatic amines is 3. The summed E-state index contributed by atoms with van der Waals surface area (Å²) < 4.78 is 5.55. The Morgan fingerprint density at radius 3 is 1.73 bits per heavy atom. The van der Waals surface area contributed by atoms with Crippen LogP contribution in [0.4, 0.5) is 5.69 Å². The average Bonchev–Trinajstić information content (AvgIpc) is 3.78. The summed E-state index contributed by atoms with van der Waals surface area (Å²) in [6.45, 7) is 6.57. The standard InChI is InChI=1S/C34H32N8O2/c1-3-44-31-18-22(6-11-30(31)43)34-36-25-9-4-20(16-28(25)39-34)32-35-24-8-5-21(17-27(24)38-32)33-37-26-10-7-23(19-29(26)40-33)42-14-12-41(2)13-15-42/h4-11,16-19,43H,3,12-15H2,1-2H3,(H,35,38)(H,36,39)(H,37,40). The molecule has 1 aliphatic rings. The van der Waals surface area contributed by atoms with E-state index in [1.807, 2.05) is 37.3 Å². The molecule has 0 radical (unpaired) electrons. The van der Waals surface area contributed by atoms with Crippen molar-refractivity contribution in [3.05, 3.63) is 72.8 Å². The third-order valence-electron chi connectivity index (χ3n) is 8.38. The van der Waals surface area contributed by atoms with Gasteiger partial charge in [0, 0.05) is 48.6 Å². The number of rotatable bonds is 6. The Bertz CT molecular complexity index is 2150. The second-order valence-electron chi connectivity index (χ2n) is 11.3. The van der Waals surface area contributed by atoms with Crippen LogP contribution in [-0.4, -0.2) is 79.7 Å². The molecule has 7 aromatic rings. The maximum atomic E-state index is 10.1. The molecule has 8 rings (SSSR count). The van der Waals surface area contributed by atoms with E-state index < -0.39 is 0 Å². The lowest BCUT2D eigenvalue weighted by Crippen LogP contribution is -2.44. The van der Waals surface area contributed by atoms with Crippen LogP contribution in [0.3, 0.4) is 0 Å². The van der Waals surface area contributed by atoms with E-state index in [2.05, 4.69) is 62.1 Å². The summed E-state index contributed by atoms with van der Waals surface area (Å²) in [5, 5.41) is 10.1. The number of ether oxygens (including phenoxy) is 1. The normalized spacial score (nSPS) is 14.3. The van der Waals surface area contributed by atoms with Crippen molar-refractivity contribution in [1.29, 1.82) is 0 Å². The molecule has 0 atom stereocenters. The van der Waals surface area contributed by atoms with Crippen molar-refractivity contribution in [3.63, 3.8) is 0 Å². The summed E-state index contributed by atoms with van der Waals surface area (Å²) in [5.41, 5.74) is 9.56. The Balaban J connectivity index is 1.08. The molecule has 220 valence electrons. The van der Waals surface area contributed by atoms with Crippen LogP contribution in [-0.2, 0) is 0 Å². The Morgan fingerprint density at radius 1 is 0.659 bits per heavy atom. The van der Waals surface area contributed by atoms with E-state index in [0.29, 0.717) is 18.2 Å². The van der Waals surface area contributed by atoms with Gasteiger partial charge >= 0.3 is 0 Å². The lowest BCUT2D eigenvalue weighted by molar-refractivity contribution is 0.313. The Kier molecular flexibility index (Phi) is 6.23. The number of hydrogen-bond acceptors (Lipinski definition) is 7. The van der Waals surface area contributed by atoms with E-state index in [4.69, 9.17) is 19.7 Å². The molecule has 44 heavy (non-hydrogen) atoms. The van der Waals surface area contributed by atoms with Crippen LogP contribution >= 0.6 is 0 Å². The number of fused-ring (bicyclic) bond motifs is 3. The van der Waals surface area contributed by atoms with Crippen molar-refractivity contribution in [1.82, 2.24) is 34.8 Å². The Labute approximate surface area is 253 Å². The number of imidazole rings is 3. The zero-order valence-electron chi connectivity index (χ0n) is 24.6. The molecule has 0 amide bonds.